The minimum Gasteiger partial charge on any atom is -0.493 e. The number of carbonyl (C=O) groups is 2. The molecule has 0 spiro atoms. The van der Waals surface area contributed by atoms with Crippen LogP contribution in [-0.4, -0.2) is 40.8 Å². The molecule has 0 amide bonds. The number of unbranched alkanes of at least 4 members (excludes halogenated alkanes) is 2. The van der Waals surface area contributed by atoms with Gasteiger partial charge in [0.15, 0.2) is 5.78 Å². The van der Waals surface area contributed by atoms with Crippen molar-refractivity contribution in [1.82, 2.24) is 0 Å². The molecule has 0 bridgehead atoms. The van der Waals surface area contributed by atoms with Crippen molar-refractivity contribution < 1.29 is 29.3 Å². The number of allylic oxidation sites excluding steroid dienone is 3. The van der Waals surface area contributed by atoms with E-state index in [9.17, 15) is 19.8 Å². The average molecular weight is 803 g/mol. The summed E-state index contributed by atoms with van der Waals surface area (Å²) in [7, 11) is 0. The van der Waals surface area contributed by atoms with Gasteiger partial charge < -0.3 is 31.2 Å². The van der Waals surface area contributed by atoms with Crippen LogP contribution in [-0.2, 0) is 9.59 Å². The smallest absolute Gasteiger partial charge is 0.235 e. The van der Waals surface area contributed by atoms with E-state index >= 15 is 0 Å². The maximum Gasteiger partial charge on any atom is 0.235 e. The Morgan fingerprint density at radius 2 is 1.14 bits per heavy atom. The molecular weight excluding hydrogens is 737 g/mol. The number of nitrogen functional groups attached to an aromatic ring is 2. The lowest BCUT2D eigenvalue weighted by atomic mass is 9.80. The first-order valence-electron chi connectivity index (χ1n) is 21.7. The molecule has 6 N–H and O–H groups in total. The molecule has 316 valence electrons. The van der Waals surface area contributed by atoms with Crippen LogP contribution in [0.15, 0.2) is 104 Å². The van der Waals surface area contributed by atoms with E-state index in [0.29, 0.717) is 36.3 Å². The van der Waals surface area contributed by atoms with Gasteiger partial charge in [0.2, 0.25) is 11.6 Å². The van der Waals surface area contributed by atoms with Gasteiger partial charge in [0.25, 0.3) is 0 Å². The SMILES string of the molecule is C=CCCCC1CCC(COc2ccc(/C=C/C(=O)CC(c3ccc(N)cc3N)C(O)(O)C(=O)/C=C/c3ccc(OCC4CCC(CCCC=C)CC4)cc3)cc2)CC1. The molecular formula is C51H66N2O6. The molecule has 2 saturated carbocycles. The summed E-state index contributed by atoms with van der Waals surface area (Å²) in [6, 6.07) is 19.4. The summed E-state index contributed by atoms with van der Waals surface area (Å²) in [5.41, 5.74) is 14.4. The monoisotopic (exact) mass is 802 g/mol. The number of anilines is 2. The third kappa shape index (κ3) is 14.4. The maximum atomic E-state index is 13.5. The fourth-order valence-corrected chi connectivity index (χ4v) is 8.56. The van der Waals surface area contributed by atoms with Gasteiger partial charge >= 0.3 is 0 Å². The first-order valence-corrected chi connectivity index (χ1v) is 21.7. The van der Waals surface area contributed by atoms with Gasteiger partial charge in [-0.2, -0.15) is 0 Å². The Morgan fingerprint density at radius 3 is 1.59 bits per heavy atom. The van der Waals surface area contributed by atoms with Crippen molar-refractivity contribution in [2.45, 2.75) is 108 Å². The van der Waals surface area contributed by atoms with Crippen molar-refractivity contribution >= 4 is 35.1 Å². The summed E-state index contributed by atoms with van der Waals surface area (Å²) in [6.45, 7) is 9.02. The second kappa shape index (κ2) is 23.0. The highest BCUT2D eigenvalue weighted by Gasteiger charge is 2.43. The lowest BCUT2D eigenvalue weighted by Crippen LogP contribution is -2.44. The molecule has 0 radical (unpaired) electrons. The number of ether oxygens (including phenoxy) is 2. The van der Waals surface area contributed by atoms with E-state index < -0.39 is 29.7 Å². The normalized spacial score (nSPS) is 20.3. The van der Waals surface area contributed by atoms with Crippen molar-refractivity contribution in [2.24, 2.45) is 23.7 Å². The van der Waals surface area contributed by atoms with E-state index in [4.69, 9.17) is 20.9 Å². The van der Waals surface area contributed by atoms with Crippen molar-refractivity contribution in [1.29, 1.82) is 0 Å². The van der Waals surface area contributed by atoms with Gasteiger partial charge in [0.1, 0.15) is 11.5 Å². The van der Waals surface area contributed by atoms with Crippen LogP contribution in [0.1, 0.15) is 119 Å². The molecule has 59 heavy (non-hydrogen) atoms. The van der Waals surface area contributed by atoms with Crippen molar-refractivity contribution in [3.05, 3.63) is 121 Å². The Balaban J connectivity index is 1.13. The molecule has 0 aliphatic heterocycles. The zero-order valence-corrected chi connectivity index (χ0v) is 34.8. The van der Waals surface area contributed by atoms with Crippen molar-refractivity contribution in [3.8, 4) is 11.5 Å². The van der Waals surface area contributed by atoms with Crippen LogP contribution in [0, 0.1) is 23.7 Å². The van der Waals surface area contributed by atoms with Gasteiger partial charge in [0, 0.05) is 17.8 Å². The number of hydrogen-bond acceptors (Lipinski definition) is 8. The van der Waals surface area contributed by atoms with Crippen LogP contribution >= 0.6 is 0 Å². The van der Waals surface area contributed by atoms with E-state index in [1.807, 2.05) is 60.7 Å². The third-order valence-electron chi connectivity index (χ3n) is 12.3. The number of aliphatic hydroxyl groups is 2. The second-order valence-corrected chi connectivity index (χ2v) is 16.8. The number of benzene rings is 3. The van der Waals surface area contributed by atoms with E-state index in [-0.39, 0.29) is 11.3 Å². The van der Waals surface area contributed by atoms with Gasteiger partial charge in [-0.1, -0.05) is 93.2 Å². The fraction of sp³-hybridized carbons (Fsp3) is 0.451. The number of nitrogens with two attached hydrogens (primary N) is 2. The topological polar surface area (TPSA) is 145 Å². The lowest BCUT2D eigenvalue weighted by Gasteiger charge is -2.30. The number of hydrogen-bond donors (Lipinski definition) is 4. The van der Waals surface area contributed by atoms with Crippen LogP contribution in [0.5, 0.6) is 11.5 Å². The Morgan fingerprint density at radius 1 is 0.678 bits per heavy atom. The zero-order chi connectivity index (χ0) is 42.0. The molecule has 2 fully saturated rings. The third-order valence-corrected chi connectivity index (χ3v) is 12.3. The fourth-order valence-electron chi connectivity index (χ4n) is 8.56. The van der Waals surface area contributed by atoms with Gasteiger partial charge in [0.05, 0.1) is 19.1 Å². The summed E-state index contributed by atoms with van der Waals surface area (Å²) >= 11 is 0. The van der Waals surface area contributed by atoms with Gasteiger partial charge in [-0.05, 0) is 140 Å². The van der Waals surface area contributed by atoms with Crippen LogP contribution in [0.3, 0.4) is 0 Å². The summed E-state index contributed by atoms with van der Waals surface area (Å²) in [4.78, 5) is 26.8. The minimum atomic E-state index is -2.94. The molecule has 1 atom stereocenters. The van der Waals surface area contributed by atoms with E-state index in [1.54, 1.807) is 12.1 Å². The first kappa shape index (κ1) is 45.2. The molecule has 2 aliphatic carbocycles. The van der Waals surface area contributed by atoms with Crippen LogP contribution < -0.4 is 20.9 Å². The van der Waals surface area contributed by atoms with E-state index in [1.165, 1.54) is 101 Å². The van der Waals surface area contributed by atoms with E-state index in [2.05, 4.69) is 13.2 Å². The van der Waals surface area contributed by atoms with Crippen LogP contribution in [0.2, 0.25) is 0 Å². The van der Waals surface area contributed by atoms with Crippen molar-refractivity contribution in [2.75, 3.05) is 24.7 Å². The Bertz CT molecular complexity index is 1850. The Labute approximate surface area is 352 Å². The highest BCUT2D eigenvalue weighted by molar-refractivity contribution is 6.01. The molecule has 0 heterocycles. The summed E-state index contributed by atoms with van der Waals surface area (Å²) < 4.78 is 12.2. The zero-order valence-electron chi connectivity index (χ0n) is 34.8. The second-order valence-electron chi connectivity index (χ2n) is 16.8. The summed E-state index contributed by atoms with van der Waals surface area (Å²) in [6.07, 6.45) is 26.2. The quantitative estimate of drug-likeness (QED) is 0.0244. The molecule has 0 aromatic heterocycles. The van der Waals surface area contributed by atoms with Crippen molar-refractivity contribution in [3.63, 3.8) is 0 Å². The van der Waals surface area contributed by atoms with E-state index in [0.717, 1.165) is 47.8 Å². The Kier molecular flexibility index (Phi) is 17.6. The summed E-state index contributed by atoms with van der Waals surface area (Å²) in [5.74, 6) is -1.45. The molecule has 3 aromatic rings. The molecule has 0 saturated heterocycles. The Hall–Kier alpha value is -4.92. The standard InChI is InChI=1S/C51H66N2O6/c1-3-5-7-9-37-11-15-41(16-12-37)35-58-45-27-20-39(21-28-45)19-26-44(54)34-48(47-31-25-43(52)33-49(47)53)51(56,57)50(55)32-24-40-22-29-46(30-23-40)59-36-42-17-13-38(14-18-42)10-8-6-4-2/h3-4,19-33,37-38,41-42,48,56-57H,1-2,5-18,34-36,52-53H2/b26-19+,32-24+. The van der Waals surface area contributed by atoms with Crippen LogP contribution in [0.25, 0.3) is 12.2 Å². The predicted molar refractivity (Wildman–Crippen MR) is 241 cm³/mol. The molecule has 8 heteroatoms. The lowest BCUT2D eigenvalue weighted by molar-refractivity contribution is -0.187. The number of ketones is 2. The average Bonchev–Trinajstić information content (AvgIpc) is 3.24. The van der Waals surface area contributed by atoms with Gasteiger partial charge in [-0.3, -0.25) is 9.59 Å². The van der Waals surface area contributed by atoms with Gasteiger partial charge in [-0.15, -0.1) is 13.2 Å². The highest BCUT2D eigenvalue weighted by Crippen LogP contribution is 2.37. The van der Waals surface area contributed by atoms with Gasteiger partial charge in [-0.25, -0.2) is 0 Å². The molecule has 1 unspecified atom stereocenters. The predicted octanol–water partition coefficient (Wildman–Crippen LogP) is 10.7. The molecule has 2 aliphatic rings. The molecule has 8 nitrogen and oxygen atoms in total. The number of carbonyl (C=O) groups excluding carboxylic acids is 2. The first-order chi connectivity index (χ1) is 28.5. The molecule has 3 aromatic carbocycles. The maximum absolute atomic E-state index is 13.5. The highest BCUT2D eigenvalue weighted by atomic mass is 16.5. The minimum absolute atomic E-state index is 0.148. The number of rotatable bonds is 23. The molecule has 5 rings (SSSR count). The summed E-state index contributed by atoms with van der Waals surface area (Å²) in [5, 5.41) is 22.8. The van der Waals surface area contributed by atoms with Crippen LogP contribution in [0.4, 0.5) is 11.4 Å². The largest absolute Gasteiger partial charge is 0.493 e.